The highest BCUT2D eigenvalue weighted by atomic mass is 35.5. The van der Waals surface area contributed by atoms with Gasteiger partial charge in [0.2, 0.25) is 5.91 Å². The van der Waals surface area contributed by atoms with Crippen LogP contribution < -0.4 is 10.6 Å². The highest BCUT2D eigenvalue weighted by molar-refractivity contribution is 6.35. The van der Waals surface area contributed by atoms with E-state index >= 15 is 0 Å². The highest BCUT2D eigenvalue weighted by Gasteiger charge is 2.13. The van der Waals surface area contributed by atoms with Crippen molar-refractivity contribution in [1.82, 2.24) is 10.2 Å². The zero-order valence-corrected chi connectivity index (χ0v) is 13.3. The second-order valence-corrected chi connectivity index (χ2v) is 5.40. The molecule has 112 valence electrons. The molecular formula is C13H18Cl3N3O. The minimum atomic E-state index is -0.0638. The first-order valence-corrected chi connectivity index (χ1v) is 7.09. The minimum absolute atomic E-state index is 0. The molecule has 4 nitrogen and oxygen atoms in total. The van der Waals surface area contributed by atoms with Crippen molar-refractivity contribution in [1.29, 1.82) is 0 Å². The van der Waals surface area contributed by atoms with Crippen molar-refractivity contribution >= 4 is 47.2 Å². The van der Waals surface area contributed by atoms with E-state index in [9.17, 15) is 4.79 Å². The molecule has 1 aliphatic rings. The molecule has 7 heteroatoms. The Morgan fingerprint density at radius 3 is 2.90 bits per heavy atom. The average molecular weight is 339 g/mol. The Hall–Kier alpha value is -0.520. The maximum atomic E-state index is 12.0. The number of hydrogen-bond donors (Lipinski definition) is 2. The van der Waals surface area contributed by atoms with Crippen LogP contribution in [0.1, 0.15) is 6.42 Å². The Morgan fingerprint density at radius 2 is 2.10 bits per heavy atom. The summed E-state index contributed by atoms with van der Waals surface area (Å²) in [6, 6.07) is 5.03. The van der Waals surface area contributed by atoms with Crippen molar-refractivity contribution in [3.8, 4) is 0 Å². The summed E-state index contributed by atoms with van der Waals surface area (Å²) in [4.78, 5) is 14.1. The van der Waals surface area contributed by atoms with Crippen molar-refractivity contribution in [3.63, 3.8) is 0 Å². The Kier molecular flexibility index (Phi) is 7.62. The van der Waals surface area contributed by atoms with Crippen molar-refractivity contribution in [3.05, 3.63) is 28.2 Å². The zero-order valence-electron chi connectivity index (χ0n) is 11.0. The molecule has 0 radical (unpaired) electrons. The van der Waals surface area contributed by atoms with Crippen molar-refractivity contribution < 1.29 is 4.79 Å². The molecular weight excluding hydrogens is 321 g/mol. The third kappa shape index (κ3) is 5.46. The molecule has 0 aliphatic carbocycles. The number of anilines is 1. The fraction of sp³-hybridized carbons (Fsp3) is 0.462. The summed E-state index contributed by atoms with van der Waals surface area (Å²) in [6.07, 6.45) is 1.06. The number of carbonyl (C=O) groups excluding carboxylic acids is 1. The second kappa shape index (κ2) is 8.70. The van der Waals surface area contributed by atoms with Crippen LogP contribution in [0.4, 0.5) is 5.69 Å². The lowest BCUT2D eigenvalue weighted by molar-refractivity contribution is -0.117. The molecule has 1 aromatic carbocycles. The smallest absolute Gasteiger partial charge is 0.238 e. The Bertz CT molecular complexity index is 448. The SMILES string of the molecule is Cl.O=C(CN1CCCNCC1)Nc1cc(Cl)ccc1Cl. The van der Waals surface area contributed by atoms with E-state index < -0.39 is 0 Å². The number of rotatable bonds is 3. The predicted octanol–water partition coefficient (Wildman–Crippen LogP) is 2.65. The summed E-state index contributed by atoms with van der Waals surface area (Å²) in [5.41, 5.74) is 0.562. The zero-order chi connectivity index (χ0) is 13.7. The van der Waals surface area contributed by atoms with Gasteiger partial charge >= 0.3 is 0 Å². The average Bonchev–Trinajstić information content (AvgIpc) is 2.62. The van der Waals surface area contributed by atoms with E-state index in [1.165, 1.54) is 0 Å². The van der Waals surface area contributed by atoms with E-state index in [2.05, 4.69) is 15.5 Å². The first kappa shape index (κ1) is 17.5. The van der Waals surface area contributed by atoms with Crippen LogP contribution in [0.25, 0.3) is 0 Å². The van der Waals surface area contributed by atoms with Crippen LogP contribution in [-0.2, 0) is 4.79 Å². The number of hydrogen-bond acceptors (Lipinski definition) is 3. The minimum Gasteiger partial charge on any atom is -0.324 e. The van der Waals surface area contributed by atoms with E-state index in [0.29, 0.717) is 22.3 Å². The third-order valence-corrected chi connectivity index (χ3v) is 3.57. The summed E-state index contributed by atoms with van der Waals surface area (Å²) < 4.78 is 0. The van der Waals surface area contributed by atoms with Gasteiger partial charge in [-0.2, -0.15) is 0 Å². The molecule has 1 saturated heterocycles. The lowest BCUT2D eigenvalue weighted by atomic mass is 10.3. The first-order valence-electron chi connectivity index (χ1n) is 6.33. The van der Waals surface area contributed by atoms with Gasteiger partial charge in [0.15, 0.2) is 0 Å². The molecule has 1 amide bonds. The number of nitrogens with one attached hydrogen (secondary N) is 2. The second-order valence-electron chi connectivity index (χ2n) is 4.55. The quantitative estimate of drug-likeness (QED) is 0.890. The maximum Gasteiger partial charge on any atom is 0.238 e. The summed E-state index contributed by atoms with van der Waals surface area (Å²) in [5.74, 6) is -0.0638. The molecule has 20 heavy (non-hydrogen) atoms. The van der Waals surface area contributed by atoms with Crippen LogP contribution in [0.3, 0.4) is 0 Å². The van der Waals surface area contributed by atoms with Gasteiger partial charge in [0.25, 0.3) is 0 Å². The fourth-order valence-corrected chi connectivity index (χ4v) is 2.38. The van der Waals surface area contributed by atoms with Gasteiger partial charge in [0.1, 0.15) is 0 Å². The van der Waals surface area contributed by atoms with Gasteiger partial charge in [-0.15, -0.1) is 12.4 Å². The molecule has 0 atom stereocenters. The number of benzene rings is 1. The van der Waals surface area contributed by atoms with E-state index in [4.69, 9.17) is 23.2 Å². The molecule has 1 fully saturated rings. The fourth-order valence-electron chi connectivity index (χ4n) is 2.05. The number of carbonyl (C=O) groups is 1. The van der Waals surface area contributed by atoms with Crippen LogP contribution in [0.15, 0.2) is 18.2 Å². The molecule has 0 spiro atoms. The molecule has 0 bridgehead atoms. The van der Waals surface area contributed by atoms with Gasteiger partial charge in [-0.1, -0.05) is 23.2 Å². The maximum absolute atomic E-state index is 12.0. The largest absolute Gasteiger partial charge is 0.324 e. The van der Waals surface area contributed by atoms with E-state index in [1.807, 2.05) is 0 Å². The molecule has 0 saturated carbocycles. The van der Waals surface area contributed by atoms with Gasteiger partial charge < -0.3 is 10.6 Å². The third-order valence-electron chi connectivity index (χ3n) is 3.00. The van der Waals surface area contributed by atoms with Crippen LogP contribution in [0.5, 0.6) is 0 Å². The number of amides is 1. The Balaban J connectivity index is 0.00000200. The molecule has 1 aliphatic heterocycles. The Morgan fingerprint density at radius 1 is 1.30 bits per heavy atom. The lowest BCUT2D eigenvalue weighted by Gasteiger charge is -2.18. The molecule has 1 heterocycles. The molecule has 0 unspecified atom stereocenters. The van der Waals surface area contributed by atoms with Crippen LogP contribution in [0, 0.1) is 0 Å². The highest BCUT2D eigenvalue weighted by Crippen LogP contribution is 2.25. The Labute approximate surface area is 135 Å². The molecule has 1 aromatic rings. The van der Waals surface area contributed by atoms with Crippen molar-refractivity contribution in [2.24, 2.45) is 0 Å². The predicted molar refractivity (Wildman–Crippen MR) is 86.3 cm³/mol. The van der Waals surface area contributed by atoms with Gasteiger partial charge in [-0.05, 0) is 37.7 Å². The summed E-state index contributed by atoms with van der Waals surface area (Å²) >= 11 is 11.9. The van der Waals surface area contributed by atoms with Crippen LogP contribution >= 0.6 is 35.6 Å². The van der Waals surface area contributed by atoms with E-state index in [-0.39, 0.29) is 18.3 Å². The van der Waals surface area contributed by atoms with Crippen LogP contribution in [-0.4, -0.2) is 43.5 Å². The van der Waals surface area contributed by atoms with Gasteiger partial charge in [0.05, 0.1) is 17.3 Å². The van der Waals surface area contributed by atoms with Gasteiger partial charge in [-0.3, -0.25) is 9.69 Å². The van der Waals surface area contributed by atoms with Crippen LogP contribution in [0.2, 0.25) is 10.0 Å². The van der Waals surface area contributed by atoms with Gasteiger partial charge in [0, 0.05) is 18.1 Å². The standard InChI is InChI=1S/C13H17Cl2N3O.ClH/c14-10-2-3-11(15)12(8-10)17-13(19)9-18-6-1-4-16-5-7-18;/h2-3,8,16H,1,4-7,9H2,(H,17,19);1H. The first-order chi connectivity index (χ1) is 9.15. The molecule has 2 rings (SSSR count). The lowest BCUT2D eigenvalue weighted by Crippen LogP contribution is -2.35. The normalized spacial score (nSPS) is 16.1. The van der Waals surface area contributed by atoms with E-state index in [1.54, 1.807) is 18.2 Å². The topological polar surface area (TPSA) is 44.4 Å². The number of nitrogens with zero attached hydrogens (tertiary/aromatic N) is 1. The van der Waals surface area contributed by atoms with E-state index in [0.717, 1.165) is 32.6 Å². The summed E-state index contributed by atoms with van der Waals surface area (Å²) in [7, 11) is 0. The molecule has 2 N–H and O–H groups in total. The molecule has 0 aromatic heterocycles. The van der Waals surface area contributed by atoms with Gasteiger partial charge in [-0.25, -0.2) is 0 Å². The monoisotopic (exact) mass is 337 g/mol. The summed E-state index contributed by atoms with van der Waals surface area (Å²) in [5, 5.41) is 7.16. The van der Waals surface area contributed by atoms with Crippen molar-refractivity contribution in [2.75, 3.05) is 38.0 Å². The summed E-state index contributed by atoms with van der Waals surface area (Å²) in [6.45, 7) is 4.13. The van der Waals surface area contributed by atoms with Crippen molar-refractivity contribution in [2.45, 2.75) is 6.42 Å². The number of halogens is 3.